The molecule has 2 saturated heterocycles. The first-order valence-electron chi connectivity index (χ1n) is 9.44. The molecule has 5 atom stereocenters. The zero-order valence-corrected chi connectivity index (χ0v) is 15.9. The molecule has 28 heavy (non-hydrogen) atoms. The molecule has 0 spiro atoms. The highest BCUT2D eigenvalue weighted by Gasteiger charge is 2.43. The van der Waals surface area contributed by atoms with Gasteiger partial charge in [0.2, 0.25) is 23.6 Å². The maximum absolute atomic E-state index is 13.1. The van der Waals surface area contributed by atoms with E-state index in [1.165, 1.54) is 16.7 Å². The highest BCUT2D eigenvalue weighted by atomic mass is 16.3. The SMILES string of the molecule is CC(O)[C@H](N)C(=O)N1CCC[C@H]1C(=O)N1CCC[C@H]1C(=O)N[C@@H](CO)C(N)=O. The molecule has 7 N–H and O–H groups in total. The average Bonchev–Trinajstić information content (AvgIpc) is 3.32. The minimum Gasteiger partial charge on any atom is -0.394 e. The lowest BCUT2D eigenvalue weighted by Crippen LogP contribution is -2.58. The second kappa shape index (κ2) is 9.30. The van der Waals surface area contributed by atoms with Gasteiger partial charge in [0.1, 0.15) is 24.2 Å². The summed E-state index contributed by atoms with van der Waals surface area (Å²) >= 11 is 0. The van der Waals surface area contributed by atoms with Crippen molar-refractivity contribution in [3.8, 4) is 0 Å². The molecular weight excluding hydrogens is 370 g/mol. The van der Waals surface area contributed by atoms with Gasteiger partial charge in [0.05, 0.1) is 12.7 Å². The van der Waals surface area contributed by atoms with Crippen LogP contribution in [0.1, 0.15) is 32.6 Å². The summed E-state index contributed by atoms with van der Waals surface area (Å²) < 4.78 is 0. The van der Waals surface area contributed by atoms with Crippen LogP contribution in [0.5, 0.6) is 0 Å². The molecule has 2 rings (SSSR count). The lowest BCUT2D eigenvalue weighted by molar-refractivity contribution is -0.148. The lowest BCUT2D eigenvalue weighted by Gasteiger charge is -2.32. The molecule has 0 aliphatic carbocycles. The van der Waals surface area contributed by atoms with Crippen molar-refractivity contribution < 1.29 is 29.4 Å². The van der Waals surface area contributed by atoms with E-state index in [4.69, 9.17) is 16.6 Å². The van der Waals surface area contributed by atoms with Gasteiger partial charge in [0.25, 0.3) is 0 Å². The largest absolute Gasteiger partial charge is 0.394 e. The Labute approximate surface area is 163 Å². The Bertz CT molecular complexity index is 627. The van der Waals surface area contributed by atoms with Crippen molar-refractivity contribution in [3.63, 3.8) is 0 Å². The van der Waals surface area contributed by atoms with Crippen molar-refractivity contribution in [3.05, 3.63) is 0 Å². The molecule has 0 radical (unpaired) electrons. The molecule has 11 nitrogen and oxygen atoms in total. The molecule has 0 aromatic heterocycles. The minimum atomic E-state index is -1.22. The number of hydrogen-bond donors (Lipinski definition) is 5. The summed E-state index contributed by atoms with van der Waals surface area (Å²) in [5.74, 6) is -2.30. The number of amides is 4. The lowest BCUT2D eigenvalue weighted by atomic mass is 10.1. The molecule has 0 aromatic rings. The van der Waals surface area contributed by atoms with Crippen LogP contribution in [-0.2, 0) is 19.2 Å². The van der Waals surface area contributed by atoms with E-state index < -0.39 is 54.6 Å². The van der Waals surface area contributed by atoms with E-state index in [1.807, 2.05) is 0 Å². The fraction of sp³-hybridized carbons (Fsp3) is 0.765. The summed E-state index contributed by atoms with van der Waals surface area (Å²) in [6.45, 7) is 1.48. The molecule has 2 aliphatic heterocycles. The normalized spacial score (nSPS) is 25.3. The highest BCUT2D eigenvalue weighted by Crippen LogP contribution is 2.25. The fourth-order valence-electron chi connectivity index (χ4n) is 3.65. The van der Waals surface area contributed by atoms with Crippen LogP contribution in [0, 0.1) is 0 Å². The number of hydrogen-bond acceptors (Lipinski definition) is 7. The Kier molecular flexibility index (Phi) is 7.33. The first kappa shape index (κ1) is 22.1. The van der Waals surface area contributed by atoms with Gasteiger partial charge in [-0.1, -0.05) is 0 Å². The average molecular weight is 399 g/mol. The van der Waals surface area contributed by atoms with Gasteiger partial charge in [-0.05, 0) is 32.6 Å². The molecule has 1 unspecified atom stereocenters. The van der Waals surface area contributed by atoms with Crippen molar-refractivity contribution in [2.75, 3.05) is 19.7 Å². The van der Waals surface area contributed by atoms with E-state index in [0.717, 1.165) is 0 Å². The topological polar surface area (TPSA) is 179 Å². The zero-order chi connectivity index (χ0) is 21.0. The molecule has 2 aliphatic rings. The first-order chi connectivity index (χ1) is 13.2. The van der Waals surface area contributed by atoms with Gasteiger partial charge in [-0.3, -0.25) is 19.2 Å². The summed E-state index contributed by atoms with van der Waals surface area (Å²) in [6.07, 6.45) is 1.02. The molecule has 158 valence electrons. The Morgan fingerprint density at radius 1 is 1.11 bits per heavy atom. The van der Waals surface area contributed by atoms with Crippen LogP contribution in [0.15, 0.2) is 0 Å². The third-order valence-electron chi connectivity index (χ3n) is 5.31. The van der Waals surface area contributed by atoms with Crippen LogP contribution in [0.4, 0.5) is 0 Å². The third kappa shape index (κ3) is 4.59. The quantitative estimate of drug-likeness (QED) is 0.296. The summed E-state index contributed by atoms with van der Waals surface area (Å²) in [5.41, 5.74) is 10.9. The monoisotopic (exact) mass is 399 g/mol. The second-order valence-corrected chi connectivity index (χ2v) is 7.29. The Morgan fingerprint density at radius 2 is 1.68 bits per heavy atom. The first-order valence-corrected chi connectivity index (χ1v) is 9.44. The van der Waals surface area contributed by atoms with Crippen molar-refractivity contribution in [1.29, 1.82) is 0 Å². The van der Waals surface area contributed by atoms with Crippen LogP contribution in [0.25, 0.3) is 0 Å². The predicted molar refractivity (Wildman–Crippen MR) is 97.3 cm³/mol. The van der Waals surface area contributed by atoms with E-state index in [9.17, 15) is 24.3 Å². The predicted octanol–water partition coefficient (Wildman–Crippen LogP) is -3.36. The van der Waals surface area contributed by atoms with Gasteiger partial charge in [0, 0.05) is 13.1 Å². The van der Waals surface area contributed by atoms with Crippen molar-refractivity contribution in [2.24, 2.45) is 11.5 Å². The molecule has 11 heteroatoms. The standard InChI is InChI=1S/C17H29N5O6/c1-9(24)13(18)17(28)22-7-3-5-12(22)16(27)21-6-2-4-11(21)15(26)20-10(8-23)14(19)25/h9-13,23-24H,2-8,18H2,1H3,(H2,19,25)(H,20,26)/t9?,10-,11-,12-,13-/m0/s1. The maximum Gasteiger partial charge on any atom is 0.246 e. The van der Waals surface area contributed by atoms with Gasteiger partial charge < -0.3 is 36.8 Å². The number of rotatable bonds is 7. The van der Waals surface area contributed by atoms with Crippen LogP contribution in [-0.4, -0.2) is 93.6 Å². The van der Waals surface area contributed by atoms with Gasteiger partial charge in [0.15, 0.2) is 0 Å². The van der Waals surface area contributed by atoms with E-state index in [2.05, 4.69) is 5.32 Å². The van der Waals surface area contributed by atoms with Crippen LogP contribution in [0.3, 0.4) is 0 Å². The Morgan fingerprint density at radius 3 is 2.21 bits per heavy atom. The number of carbonyl (C=O) groups is 4. The zero-order valence-electron chi connectivity index (χ0n) is 15.9. The second-order valence-electron chi connectivity index (χ2n) is 7.29. The number of primary amides is 1. The van der Waals surface area contributed by atoms with E-state index in [-0.39, 0.29) is 5.91 Å². The Hall–Kier alpha value is -2.24. The van der Waals surface area contributed by atoms with Gasteiger partial charge in [-0.2, -0.15) is 0 Å². The van der Waals surface area contributed by atoms with E-state index in [1.54, 1.807) is 0 Å². The number of nitrogens with two attached hydrogens (primary N) is 2. The van der Waals surface area contributed by atoms with Crippen molar-refractivity contribution in [1.82, 2.24) is 15.1 Å². The summed E-state index contributed by atoms with van der Waals surface area (Å²) in [7, 11) is 0. The number of carbonyl (C=O) groups excluding carboxylic acids is 4. The number of aliphatic hydroxyl groups excluding tert-OH is 2. The van der Waals surface area contributed by atoms with Crippen LogP contribution < -0.4 is 16.8 Å². The van der Waals surface area contributed by atoms with Crippen molar-refractivity contribution >= 4 is 23.6 Å². The third-order valence-corrected chi connectivity index (χ3v) is 5.31. The number of likely N-dealkylation sites (tertiary alicyclic amines) is 2. The minimum absolute atomic E-state index is 0.346. The molecular formula is C17H29N5O6. The molecule has 0 saturated carbocycles. The van der Waals surface area contributed by atoms with E-state index >= 15 is 0 Å². The van der Waals surface area contributed by atoms with Gasteiger partial charge in [-0.15, -0.1) is 0 Å². The highest BCUT2D eigenvalue weighted by molar-refractivity contribution is 5.95. The van der Waals surface area contributed by atoms with Crippen molar-refractivity contribution in [2.45, 2.75) is 62.9 Å². The number of nitrogens with one attached hydrogen (secondary N) is 1. The number of aliphatic hydroxyl groups is 2. The van der Waals surface area contributed by atoms with Crippen LogP contribution >= 0.6 is 0 Å². The molecule has 2 heterocycles. The Balaban J connectivity index is 2.10. The summed E-state index contributed by atoms with van der Waals surface area (Å²) in [6, 6.07) is -3.88. The molecule has 4 amide bonds. The fourth-order valence-corrected chi connectivity index (χ4v) is 3.65. The maximum atomic E-state index is 13.1. The number of nitrogens with zero attached hydrogens (tertiary/aromatic N) is 2. The molecule has 0 bridgehead atoms. The van der Waals surface area contributed by atoms with Crippen LogP contribution in [0.2, 0.25) is 0 Å². The van der Waals surface area contributed by atoms with Gasteiger partial charge in [-0.25, -0.2) is 0 Å². The molecule has 2 fully saturated rings. The summed E-state index contributed by atoms with van der Waals surface area (Å²) in [5, 5.41) is 21.1. The van der Waals surface area contributed by atoms with Gasteiger partial charge >= 0.3 is 0 Å². The van der Waals surface area contributed by atoms with E-state index in [0.29, 0.717) is 38.8 Å². The summed E-state index contributed by atoms with van der Waals surface area (Å²) in [4.78, 5) is 52.1. The smallest absolute Gasteiger partial charge is 0.246 e. The molecule has 0 aromatic carbocycles.